The Kier molecular flexibility index (Phi) is 3.01. The van der Waals surface area contributed by atoms with Gasteiger partial charge in [-0.1, -0.05) is 36.4 Å². The molecule has 90 valence electrons. The fourth-order valence-corrected chi connectivity index (χ4v) is 2.21. The molecule has 3 aromatic rings. The maximum absolute atomic E-state index is 3.43. The highest BCUT2D eigenvalue weighted by Gasteiger charge is 1.98. The topological polar surface area (TPSA) is 17.0 Å². The Morgan fingerprint density at radius 1 is 0.833 bits per heavy atom. The van der Waals surface area contributed by atoms with Crippen molar-refractivity contribution in [2.45, 2.75) is 6.54 Å². The first kappa shape index (κ1) is 10.9. The van der Waals surface area contributed by atoms with Gasteiger partial charge in [-0.3, -0.25) is 0 Å². The number of benzene rings is 2. The van der Waals surface area contributed by atoms with Crippen LogP contribution in [0.15, 0.2) is 66.9 Å². The zero-order valence-corrected chi connectivity index (χ0v) is 10.2. The first-order valence-corrected chi connectivity index (χ1v) is 6.26. The second kappa shape index (κ2) is 4.96. The van der Waals surface area contributed by atoms with E-state index in [9.17, 15) is 0 Å². The van der Waals surface area contributed by atoms with Crippen LogP contribution >= 0.6 is 0 Å². The lowest BCUT2D eigenvalue weighted by molar-refractivity contribution is 0.757. The number of hydrogen-bond donors (Lipinski definition) is 1. The molecule has 1 N–H and O–H groups in total. The molecule has 2 nitrogen and oxygen atoms in total. The first-order chi connectivity index (χ1) is 8.93. The van der Waals surface area contributed by atoms with E-state index in [1.165, 1.54) is 16.6 Å². The summed E-state index contributed by atoms with van der Waals surface area (Å²) in [5.74, 6) is 0. The Labute approximate surface area is 107 Å². The third-order valence-corrected chi connectivity index (χ3v) is 3.14. The zero-order chi connectivity index (χ0) is 12.2. The van der Waals surface area contributed by atoms with Crippen LogP contribution in [0.3, 0.4) is 0 Å². The van der Waals surface area contributed by atoms with E-state index in [1.807, 2.05) is 18.2 Å². The fourth-order valence-electron chi connectivity index (χ4n) is 2.21. The van der Waals surface area contributed by atoms with Gasteiger partial charge >= 0.3 is 0 Å². The van der Waals surface area contributed by atoms with Gasteiger partial charge in [-0.15, -0.1) is 0 Å². The first-order valence-electron chi connectivity index (χ1n) is 6.26. The summed E-state index contributed by atoms with van der Waals surface area (Å²) >= 11 is 0. The van der Waals surface area contributed by atoms with Gasteiger partial charge in [0.2, 0.25) is 0 Å². The summed E-state index contributed by atoms with van der Waals surface area (Å²) in [6.45, 7) is 1.91. The summed E-state index contributed by atoms with van der Waals surface area (Å²) in [5, 5.41) is 4.73. The molecule has 1 heterocycles. The minimum absolute atomic E-state index is 0.933. The molecule has 0 atom stereocenters. The summed E-state index contributed by atoms with van der Waals surface area (Å²) in [5.41, 5.74) is 2.47. The lowest BCUT2D eigenvalue weighted by Gasteiger charge is -2.08. The van der Waals surface area contributed by atoms with Crippen molar-refractivity contribution in [1.29, 1.82) is 0 Å². The van der Waals surface area contributed by atoms with Crippen molar-refractivity contribution >= 4 is 16.6 Å². The van der Waals surface area contributed by atoms with E-state index >= 15 is 0 Å². The number of nitrogens with zero attached hydrogens (tertiary/aromatic N) is 1. The maximum atomic E-state index is 3.43. The summed E-state index contributed by atoms with van der Waals surface area (Å²) in [6, 6.07) is 21.0. The molecule has 18 heavy (non-hydrogen) atoms. The van der Waals surface area contributed by atoms with E-state index in [0.717, 1.165) is 13.1 Å². The fraction of sp³-hybridized carbons (Fsp3) is 0.125. The van der Waals surface area contributed by atoms with Crippen LogP contribution in [0.1, 0.15) is 0 Å². The normalized spacial score (nSPS) is 10.7. The molecular formula is C16H16N2. The average Bonchev–Trinajstić information content (AvgIpc) is 2.84. The van der Waals surface area contributed by atoms with Crippen LogP contribution in [0.4, 0.5) is 5.69 Å². The number of fused-ring (bicyclic) bond motifs is 1. The van der Waals surface area contributed by atoms with Gasteiger partial charge < -0.3 is 9.88 Å². The molecule has 0 radical (unpaired) electrons. The quantitative estimate of drug-likeness (QED) is 0.730. The summed E-state index contributed by atoms with van der Waals surface area (Å²) in [7, 11) is 0. The van der Waals surface area contributed by atoms with Crippen LogP contribution < -0.4 is 5.32 Å². The molecule has 0 saturated heterocycles. The van der Waals surface area contributed by atoms with Crippen LogP contribution in [0.5, 0.6) is 0 Å². The van der Waals surface area contributed by atoms with Crippen LogP contribution in [0, 0.1) is 0 Å². The van der Waals surface area contributed by atoms with E-state index in [1.54, 1.807) is 0 Å². The highest BCUT2D eigenvalue weighted by atomic mass is 15.0. The minimum Gasteiger partial charge on any atom is -0.383 e. The Morgan fingerprint density at radius 2 is 1.61 bits per heavy atom. The van der Waals surface area contributed by atoms with Gasteiger partial charge in [0, 0.05) is 30.5 Å². The smallest absolute Gasteiger partial charge is 0.0480 e. The van der Waals surface area contributed by atoms with Gasteiger partial charge in [0.1, 0.15) is 0 Å². The Morgan fingerprint density at radius 3 is 2.50 bits per heavy atom. The van der Waals surface area contributed by atoms with Crippen LogP contribution in [0.2, 0.25) is 0 Å². The molecule has 0 aliphatic heterocycles. The van der Waals surface area contributed by atoms with E-state index in [4.69, 9.17) is 0 Å². The standard InChI is InChI=1S/C16H16N2/c1-2-7-15(8-3-1)17-11-13-18-12-10-14-6-4-5-9-16(14)18/h1-10,12,17H,11,13H2. The number of aromatic nitrogens is 1. The van der Waals surface area contributed by atoms with Crippen molar-refractivity contribution in [3.05, 3.63) is 66.9 Å². The van der Waals surface area contributed by atoms with Gasteiger partial charge in [0.25, 0.3) is 0 Å². The van der Waals surface area contributed by atoms with Gasteiger partial charge in [0.05, 0.1) is 0 Å². The molecule has 0 spiro atoms. The SMILES string of the molecule is c1ccc(NCCn2ccc3ccccc32)cc1. The summed E-state index contributed by atoms with van der Waals surface area (Å²) in [6.07, 6.45) is 2.15. The molecule has 0 aliphatic rings. The van der Waals surface area contributed by atoms with Crippen molar-refractivity contribution in [2.24, 2.45) is 0 Å². The average molecular weight is 236 g/mol. The molecule has 1 aromatic heterocycles. The Hall–Kier alpha value is -2.22. The second-order valence-electron chi connectivity index (χ2n) is 4.36. The molecule has 0 fully saturated rings. The molecule has 2 aromatic carbocycles. The molecule has 0 aliphatic carbocycles. The van der Waals surface area contributed by atoms with E-state index in [0.29, 0.717) is 0 Å². The number of rotatable bonds is 4. The van der Waals surface area contributed by atoms with Crippen molar-refractivity contribution < 1.29 is 0 Å². The van der Waals surface area contributed by atoms with Crippen LogP contribution in [0.25, 0.3) is 10.9 Å². The maximum Gasteiger partial charge on any atom is 0.0480 e. The molecule has 0 unspecified atom stereocenters. The molecule has 0 saturated carbocycles. The predicted octanol–water partition coefficient (Wildman–Crippen LogP) is 3.75. The third kappa shape index (κ3) is 2.23. The molecule has 0 bridgehead atoms. The number of hydrogen-bond acceptors (Lipinski definition) is 1. The number of nitrogens with one attached hydrogen (secondary N) is 1. The number of anilines is 1. The number of para-hydroxylation sites is 2. The van der Waals surface area contributed by atoms with Crippen molar-refractivity contribution in [2.75, 3.05) is 11.9 Å². The van der Waals surface area contributed by atoms with Gasteiger partial charge in [0.15, 0.2) is 0 Å². The monoisotopic (exact) mass is 236 g/mol. The summed E-state index contributed by atoms with van der Waals surface area (Å²) < 4.78 is 2.28. The van der Waals surface area contributed by atoms with Crippen molar-refractivity contribution in [3.8, 4) is 0 Å². The largest absolute Gasteiger partial charge is 0.383 e. The highest BCUT2D eigenvalue weighted by Crippen LogP contribution is 2.14. The van der Waals surface area contributed by atoms with Gasteiger partial charge in [-0.05, 0) is 29.7 Å². The highest BCUT2D eigenvalue weighted by molar-refractivity contribution is 5.79. The third-order valence-electron chi connectivity index (χ3n) is 3.14. The molecule has 0 amide bonds. The second-order valence-corrected chi connectivity index (χ2v) is 4.36. The van der Waals surface area contributed by atoms with Crippen LogP contribution in [-0.2, 0) is 6.54 Å². The Balaban J connectivity index is 1.67. The Bertz CT molecular complexity index is 626. The van der Waals surface area contributed by atoms with Crippen molar-refractivity contribution in [3.63, 3.8) is 0 Å². The zero-order valence-electron chi connectivity index (χ0n) is 10.2. The lowest BCUT2D eigenvalue weighted by atomic mass is 10.2. The van der Waals surface area contributed by atoms with Gasteiger partial charge in [-0.25, -0.2) is 0 Å². The lowest BCUT2D eigenvalue weighted by Crippen LogP contribution is -2.09. The van der Waals surface area contributed by atoms with E-state index in [2.05, 4.69) is 58.5 Å². The molecule has 2 heteroatoms. The van der Waals surface area contributed by atoms with Crippen LogP contribution in [-0.4, -0.2) is 11.1 Å². The molecular weight excluding hydrogens is 220 g/mol. The molecule has 3 rings (SSSR count). The van der Waals surface area contributed by atoms with Gasteiger partial charge in [-0.2, -0.15) is 0 Å². The predicted molar refractivity (Wildman–Crippen MR) is 76.9 cm³/mol. The summed E-state index contributed by atoms with van der Waals surface area (Å²) in [4.78, 5) is 0. The van der Waals surface area contributed by atoms with Crippen molar-refractivity contribution in [1.82, 2.24) is 4.57 Å². The van der Waals surface area contributed by atoms with E-state index in [-0.39, 0.29) is 0 Å². The van der Waals surface area contributed by atoms with E-state index < -0.39 is 0 Å². The minimum atomic E-state index is 0.933.